The summed E-state index contributed by atoms with van der Waals surface area (Å²) in [6.45, 7) is 2.06. The maximum absolute atomic E-state index is 12.9. The molecule has 1 aromatic carbocycles. The van der Waals surface area contributed by atoms with E-state index in [1.807, 2.05) is 29.6 Å². The van der Waals surface area contributed by atoms with Gasteiger partial charge in [0.15, 0.2) is 5.13 Å². The van der Waals surface area contributed by atoms with Crippen LogP contribution < -0.4 is 15.4 Å². The summed E-state index contributed by atoms with van der Waals surface area (Å²) in [7, 11) is 3.28. The number of carbonyl (C=O) groups excluding carboxylic acids is 1. The van der Waals surface area contributed by atoms with Gasteiger partial charge in [-0.25, -0.2) is 4.98 Å². The molecular formula is C18H24ClN3O3S. The van der Waals surface area contributed by atoms with Gasteiger partial charge in [0.05, 0.1) is 24.8 Å². The van der Waals surface area contributed by atoms with Crippen LogP contribution in [0.2, 0.25) is 0 Å². The number of nitrogens with zero attached hydrogens (tertiary/aromatic N) is 1. The first-order valence-electron chi connectivity index (χ1n) is 8.28. The van der Waals surface area contributed by atoms with Gasteiger partial charge in [-0.2, -0.15) is 0 Å². The van der Waals surface area contributed by atoms with Crippen LogP contribution in [0.25, 0.3) is 11.3 Å². The third-order valence-corrected chi connectivity index (χ3v) is 5.33. The maximum atomic E-state index is 12.9. The molecule has 142 valence electrons. The van der Waals surface area contributed by atoms with E-state index in [0.717, 1.165) is 42.9 Å². The van der Waals surface area contributed by atoms with Crippen molar-refractivity contribution in [1.29, 1.82) is 0 Å². The monoisotopic (exact) mass is 397 g/mol. The Hall–Kier alpha value is -1.67. The molecule has 0 bridgehead atoms. The molecule has 2 heterocycles. The molecule has 1 fully saturated rings. The number of hydrogen-bond donors (Lipinski definition) is 2. The van der Waals surface area contributed by atoms with Crippen molar-refractivity contribution in [2.24, 2.45) is 5.41 Å². The maximum Gasteiger partial charge on any atom is 0.234 e. The van der Waals surface area contributed by atoms with E-state index in [9.17, 15) is 4.79 Å². The quantitative estimate of drug-likeness (QED) is 0.783. The van der Waals surface area contributed by atoms with Crippen molar-refractivity contribution in [3.8, 4) is 17.0 Å². The number of thiazole rings is 1. The lowest BCUT2D eigenvalue weighted by atomic mass is 9.79. The molecule has 2 aromatic rings. The van der Waals surface area contributed by atoms with Crippen molar-refractivity contribution < 1.29 is 14.3 Å². The van der Waals surface area contributed by atoms with Crippen LogP contribution in [-0.2, 0) is 9.53 Å². The number of ether oxygens (including phenoxy) is 2. The third-order valence-electron chi connectivity index (χ3n) is 4.57. The predicted octanol–water partition coefficient (Wildman–Crippen LogP) is 3.20. The van der Waals surface area contributed by atoms with Crippen molar-refractivity contribution in [2.75, 3.05) is 39.2 Å². The number of piperidine rings is 1. The van der Waals surface area contributed by atoms with Gasteiger partial charge in [-0.1, -0.05) is 12.1 Å². The second kappa shape index (κ2) is 9.32. The summed E-state index contributed by atoms with van der Waals surface area (Å²) in [5.41, 5.74) is 1.22. The zero-order valence-electron chi connectivity index (χ0n) is 14.9. The van der Waals surface area contributed by atoms with Crippen LogP contribution in [-0.4, -0.2) is 44.8 Å². The number of benzene rings is 1. The van der Waals surface area contributed by atoms with Crippen LogP contribution in [0.5, 0.6) is 5.75 Å². The fourth-order valence-corrected chi connectivity index (χ4v) is 3.86. The van der Waals surface area contributed by atoms with Crippen molar-refractivity contribution in [3.63, 3.8) is 0 Å². The molecule has 1 aliphatic heterocycles. The van der Waals surface area contributed by atoms with E-state index in [4.69, 9.17) is 9.47 Å². The fourth-order valence-electron chi connectivity index (χ4n) is 3.16. The molecule has 26 heavy (non-hydrogen) atoms. The number of rotatable bonds is 6. The van der Waals surface area contributed by atoms with Crippen molar-refractivity contribution >= 4 is 34.8 Å². The van der Waals surface area contributed by atoms with Gasteiger partial charge < -0.3 is 20.1 Å². The topological polar surface area (TPSA) is 72.5 Å². The highest BCUT2D eigenvalue weighted by molar-refractivity contribution is 7.14. The number of carbonyl (C=O) groups is 1. The van der Waals surface area contributed by atoms with E-state index in [1.54, 1.807) is 14.2 Å². The number of nitrogens with one attached hydrogen (secondary N) is 2. The van der Waals surface area contributed by atoms with Crippen LogP contribution in [0, 0.1) is 5.41 Å². The molecule has 0 aliphatic carbocycles. The zero-order valence-corrected chi connectivity index (χ0v) is 16.5. The van der Waals surface area contributed by atoms with E-state index in [1.165, 1.54) is 11.3 Å². The molecule has 1 amide bonds. The molecule has 0 unspecified atom stereocenters. The minimum atomic E-state index is -0.490. The van der Waals surface area contributed by atoms with Gasteiger partial charge in [-0.3, -0.25) is 4.79 Å². The predicted molar refractivity (Wildman–Crippen MR) is 106 cm³/mol. The normalized spacial score (nSPS) is 15.8. The Bertz CT molecular complexity index is 726. The molecule has 2 N–H and O–H groups in total. The van der Waals surface area contributed by atoms with E-state index < -0.39 is 5.41 Å². The van der Waals surface area contributed by atoms with Gasteiger partial charge in [-0.15, -0.1) is 23.7 Å². The summed E-state index contributed by atoms with van der Waals surface area (Å²) < 4.78 is 10.7. The molecule has 1 aliphatic rings. The van der Waals surface area contributed by atoms with Gasteiger partial charge >= 0.3 is 0 Å². The summed E-state index contributed by atoms with van der Waals surface area (Å²) in [4.78, 5) is 17.4. The summed E-state index contributed by atoms with van der Waals surface area (Å²) >= 11 is 1.42. The third kappa shape index (κ3) is 4.35. The Morgan fingerprint density at radius 1 is 1.31 bits per heavy atom. The fraction of sp³-hybridized carbons (Fsp3) is 0.444. The van der Waals surface area contributed by atoms with Crippen molar-refractivity contribution in [2.45, 2.75) is 12.8 Å². The van der Waals surface area contributed by atoms with Crippen LogP contribution in [0.3, 0.4) is 0 Å². The Kier molecular flexibility index (Phi) is 7.40. The molecule has 1 aromatic heterocycles. The Morgan fingerprint density at radius 3 is 2.73 bits per heavy atom. The van der Waals surface area contributed by atoms with E-state index >= 15 is 0 Å². The lowest BCUT2D eigenvalue weighted by molar-refractivity contribution is -0.130. The minimum absolute atomic E-state index is 0. The molecule has 0 atom stereocenters. The van der Waals surface area contributed by atoms with Crippen LogP contribution in [0.15, 0.2) is 29.6 Å². The molecule has 3 rings (SSSR count). The first-order chi connectivity index (χ1) is 12.2. The second-order valence-corrected chi connectivity index (χ2v) is 7.01. The molecule has 1 saturated heterocycles. The van der Waals surface area contributed by atoms with E-state index in [2.05, 4.69) is 15.6 Å². The number of anilines is 1. The lowest BCUT2D eigenvalue weighted by Gasteiger charge is -2.35. The summed E-state index contributed by atoms with van der Waals surface area (Å²) in [5.74, 6) is 0.747. The molecule has 6 nitrogen and oxygen atoms in total. The average Bonchev–Trinajstić information content (AvgIpc) is 3.11. The van der Waals surface area contributed by atoms with Crippen molar-refractivity contribution in [3.05, 3.63) is 29.6 Å². The van der Waals surface area contributed by atoms with E-state index in [0.29, 0.717) is 11.7 Å². The van der Waals surface area contributed by atoms with Crippen LogP contribution in [0.1, 0.15) is 12.8 Å². The van der Waals surface area contributed by atoms with E-state index in [-0.39, 0.29) is 18.3 Å². The van der Waals surface area contributed by atoms with Crippen LogP contribution >= 0.6 is 23.7 Å². The molecule has 0 spiro atoms. The highest BCUT2D eigenvalue weighted by atomic mass is 35.5. The second-order valence-electron chi connectivity index (χ2n) is 6.16. The van der Waals surface area contributed by atoms with Gasteiger partial charge in [0.1, 0.15) is 5.75 Å². The van der Waals surface area contributed by atoms with Gasteiger partial charge in [0.2, 0.25) is 5.91 Å². The highest BCUT2D eigenvalue weighted by Gasteiger charge is 2.40. The largest absolute Gasteiger partial charge is 0.496 e. The number of halogens is 1. The summed E-state index contributed by atoms with van der Waals surface area (Å²) in [6.07, 6.45) is 1.52. The minimum Gasteiger partial charge on any atom is -0.496 e. The zero-order chi connectivity index (χ0) is 17.7. The molecule has 0 saturated carbocycles. The summed E-state index contributed by atoms with van der Waals surface area (Å²) in [5, 5.41) is 8.80. The number of methoxy groups -OCH3 is 2. The highest BCUT2D eigenvalue weighted by Crippen LogP contribution is 2.34. The van der Waals surface area contributed by atoms with Gasteiger partial charge in [-0.05, 0) is 38.1 Å². The number of amides is 1. The Labute approximate surface area is 163 Å². The van der Waals surface area contributed by atoms with Gasteiger partial charge in [0, 0.05) is 18.1 Å². The average molecular weight is 398 g/mol. The summed E-state index contributed by atoms with van der Waals surface area (Å²) in [6, 6.07) is 7.72. The number of hydrogen-bond acceptors (Lipinski definition) is 6. The lowest BCUT2D eigenvalue weighted by Crippen LogP contribution is -2.47. The molecule has 8 heteroatoms. The first kappa shape index (κ1) is 20.6. The van der Waals surface area contributed by atoms with Gasteiger partial charge in [0.25, 0.3) is 0 Å². The number of para-hydroxylation sites is 1. The Morgan fingerprint density at radius 2 is 2.04 bits per heavy atom. The van der Waals surface area contributed by atoms with Crippen molar-refractivity contribution in [1.82, 2.24) is 10.3 Å². The smallest absolute Gasteiger partial charge is 0.234 e. The SMILES string of the molecule is COCC1(C(=O)Nc2nc(-c3ccccc3OC)cs2)CCNCC1.Cl. The molecular weight excluding hydrogens is 374 g/mol. The molecule has 0 radical (unpaired) electrons. The standard InChI is InChI=1S/C18H23N3O3S.ClH/c1-23-12-18(7-9-19-10-8-18)16(22)21-17-20-14(11-25-17)13-5-3-4-6-15(13)24-2;/h3-6,11,19H,7-10,12H2,1-2H3,(H,20,21,22);1H. The Balaban J connectivity index is 0.00000243. The number of aromatic nitrogens is 1. The first-order valence-corrected chi connectivity index (χ1v) is 9.16. The van der Waals surface area contributed by atoms with Crippen LogP contribution in [0.4, 0.5) is 5.13 Å².